The normalized spacial score (nSPS) is 14.0. The van der Waals surface area contributed by atoms with E-state index in [-0.39, 0.29) is 0 Å². The van der Waals surface area contributed by atoms with Crippen LogP contribution in [0.5, 0.6) is 0 Å². The van der Waals surface area contributed by atoms with Crippen LogP contribution in [0.25, 0.3) is 22.8 Å². The van der Waals surface area contributed by atoms with Crippen molar-refractivity contribution in [2.75, 3.05) is 0 Å². The predicted octanol–water partition coefficient (Wildman–Crippen LogP) is 5.53. The lowest BCUT2D eigenvalue weighted by atomic mass is 10.0. The fourth-order valence-corrected chi connectivity index (χ4v) is 3.01. The minimum Gasteiger partial charge on any atom is -0.207 e. The molecular formula is C20H12F2. The van der Waals surface area contributed by atoms with Gasteiger partial charge in [-0.1, -0.05) is 54.6 Å². The third kappa shape index (κ3) is 1.96. The van der Waals surface area contributed by atoms with Gasteiger partial charge in [0.15, 0.2) is 0 Å². The van der Waals surface area contributed by atoms with Gasteiger partial charge in [0.1, 0.15) is 11.6 Å². The molecule has 0 fully saturated rings. The lowest BCUT2D eigenvalue weighted by Crippen LogP contribution is -1.90. The zero-order valence-electron chi connectivity index (χ0n) is 11.7. The average molecular weight is 290 g/mol. The van der Waals surface area contributed by atoms with Crippen molar-refractivity contribution in [2.45, 2.75) is 0 Å². The zero-order valence-corrected chi connectivity index (χ0v) is 11.7. The van der Waals surface area contributed by atoms with Gasteiger partial charge >= 0.3 is 0 Å². The molecule has 0 bridgehead atoms. The Morgan fingerprint density at radius 1 is 0.682 bits per heavy atom. The molecule has 0 radical (unpaired) electrons. The first-order valence-corrected chi connectivity index (χ1v) is 7.10. The molecule has 4 rings (SSSR count). The summed E-state index contributed by atoms with van der Waals surface area (Å²) in [4.78, 5) is 0. The van der Waals surface area contributed by atoms with Gasteiger partial charge in [0, 0.05) is 11.6 Å². The summed E-state index contributed by atoms with van der Waals surface area (Å²) in [5.74, 6) is -1.07. The summed E-state index contributed by atoms with van der Waals surface area (Å²) >= 11 is 0. The summed E-state index contributed by atoms with van der Waals surface area (Å²) in [7, 11) is 0. The molecule has 2 heteroatoms. The molecule has 0 spiro atoms. The molecule has 1 aliphatic carbocycles. The molecule has 106 valence electrons. The van der Waals surface area contributed by atoms with E-state index in [1.807, 2.05) is 60.7 Å². The molecule has 0 amide bonds. The van der Waals surface area contributed by atoms with Gasteiger partial charge < -0.3 is 0 Å². The first-order valence-electron chi connectivity index (χ1n) is 7.10. The predicted molar refractivity (Wildman–Crippen MR) is 85.2 cm³/mol. The second-order valence-electron chi connectivity index (χ2n) is 5.32. The van der Waals surface area contributed by atoms with Crippen LogP contribution in [0.4, 0.5) is 8.78 Å². The summed E-state index contributed by atoms with van der Waals surface area (Å²) in [6.07, 6.45) is 1.95. The van der Waals surface area contributed by atoms with E-state index in [2.05, 4.69) is 0 Å². The Balaban J connectivity index is 2.03. The van der Waals surface area contributed by atoms with Gasteiger partial charge in [-0.2, -0.15) is 0 Å². The summed E-state index contributed by atoms with van der Waals surface area (Å²) in [5, 5.41) is 0. The van der Waals surface area contributed by atoms with Gasteiger partial charge in [-0.25, -0.2) is 8.78 Å². The maximum atomic E-state index is 14.4. The van der Waals surface area contributed by atoms with Gasteiger partial charge in [0.2, 0.25) is 0 Å². The van der Waals surface area contributed by atoms with E-state index < -0.39 is 11.6 Å². The lowest BCUT2D eigenvalue weighted by Gasteiger charge is -2.05. The maximum absolute atomic E-state index is 14.4. The highest BCUT2D eigenvalue weighted by Gasteiger charge is 2.26. The lowest BCUT2D eigenvalue weighted by molar-refractivity contribution is 0.582. The van der Waals surface area contributed by atoms with Crippen LogP contribution in [-0.4, -0.2) is 0 Å². The van der Waals surface area contributed by atoms with Crippen LogP contribution in [0.15, 0.2) is 66.7 Å². The molecule has 0 saturated carbocycles. The third-order valence-electron chi connectivity index (χ3n) is 3.94. The van der Waals surface area contributed by atoms with E-state index in [0.29, 0.717) is 11.1 Å². The Morgan fingerprint density at radius 3 is 2.14 bits per heavy atom. The average Bonchev–Trinajstić information content (AvgIpc) is 2.83. The summed E-state index contributed by atoms with van der Waals surface area (Å²) in [6.45, 7) is 0. The summed E-state index contributed by atoms with van der Waals surface area (Å²) in [5.41, 5.74) is 4.70. The first kappa shape index (κ1) is 13.0. The van der Waals surface area contributed by atoms with Crippen molar-refractivity contribution in [2.24, 2.45) is 0 Å². The molecule has 3 aromatic rings. The van der Waals surface area contributed by atoms with E-state index in [4.69, 9.17) is 0 Å². The number of hydrogen-bond acceptors (Lipinski definition) is 0. The maximum Gasteiger partial charge on any atom is 0.134 e. The van der Waals surface area contributed by atoms with Crippen molar-refractivity contribution in [3.05, 3.63) is 95.1 Å². The Labute approximate surface area is 127 Å². The van der Waals surface area contributed by atoms with Crippen LogP contribution in [0.3, 0.4) is 0 Å². The second kappa shape index (κ2) is 4.92. The molecule has 3 aromatic carbocycles. The molecule has 0 heterocycles. The van der Waals surface area contributed by atoms with Crippen LogP contribution in [0.1, 0.15) is 16.7 Å². The van der Waals surface area contributed by atoms with Crippen molar-refractivity contribution in [3.63, 3.8) is 0 Å². The fourth-order valence-electron chi connectivity index (χ4n) is 3.01. The Kier molecular flexibility index (Phi) is 2.90. The smallest absolute Gasteiger partial charge is 0.134 e. The van der Waals surface area contributed by atoms with Crippen LogP contribution in [0.2, 0.25) is 0 Å². The topological polar surface area (TPSA) is 0 Å². The summed E-state index contributed by atoms with van der Waals surface area (Å²) in [6, 6.07) is 19.8. The SMILES string of the molecule is Fc1cc(F)c2c(c1)-c1ccccc1/C2=C\c1ccccc1. The quantitative estimate of drug-likeness (QED) is 0.432. The van der Waals surface area contributed by atoms with Crippen LogP contribution in [-0.2, 0) is 0 Å². The number of rotatable bonds is 1. The van der Waals surface area contributed by atoms with E-state index in [1.165, 1.54) is 6.07 Å². The Hall–Kier alpha value is -2.74. The van der Waals surface area contributed by atoms with Gasteiger partial charge in [0.25, 0.3) is 0 Å². The van der Waals surface area contributed by atoms with E-state index in [9.17, 15) is 8.78 Å². The molecule has 0 saturated heterocycles. The minimum atomic E-state index is -0.549. The molecular weight excluding hydrogens is 278 g/mol. The van der Waals surface area contributed by atoms with Gasteiger partial charge in [-0.05, 0) is 40.0 Å². The van der Waals surface area contributed by atoms with Crippen LogP contribution >= 0.6 is 0 Å². The van der Waals surface area contributed by atoms with Crippen LogP contribution < -0.4 is 0 Å². The fraction of sp³-hybridized carbons (Fsp3) is 0. The molecule has 0 N–H and O–H groups in total. The summed E-state index contributed by atoms with van der Waals surface area (Å²) < 4.78 is 28.0. The highest BCUT2D eigenvalue weighted by atomic mass is 19.1. The molecule has 1 aliphatic rings. The van der Waals surface area contributed by atoms with Gasteiger partial charge in [0.05, 0.1) is 0 Å². The molecule has 0 unspecified atom stereocenters. The number of benzene rings is 3. The largest absolute Gasteiger partial charge is 0.207 e. The Morgan fingerprint density at radius 2 is 1.36 bits per heavy atom. The van der Waals surface area contributed by atoms with Crippen molar-refractivity contribution in [1.82, 2.24) is 0 Å². The van der Waals surface area contributed by atoms with Gasteiger partial charge in [-0.3, -0.25) is 0 Å². The molecule has 22 heavy (non-hydrogen) atoms. The third-order valence-corrected chi connectivity index (χ3v) is 3.94. The first-order chi connectivity index (χ1) is 10.7. The van der Waals surface area contributed by atoms with Gasteiger partial charge in [-0.15, -0.1) is 0 Å². The van der Waals surface area contributed by atoms with E-state index in [1.54, 1.807) is 0 Å². The van der Waals surface area contributed by atoms with Crippen molar-refractivity contribution in [1.29, 1.82) is 0 Å². The standard InChI is InChI=1S/C20H12F2/c21-14-11-18-16-9-5-4-8-15(16)17(20(18)19(22)12-14)10-13-6-2-1-3-7-13/h1-12H/b17-10+. The molecule has 0 aliphatic heterocycles. The van der Waals surface area contributed by atoms with Crippen molar-refractivity contribution < 1.29 is 8.78 Å². The number of hydrogen-bond donors (Lipinski definition) is 0. The molecule has 0 atom stereocenters. The molecule has 0 nitrogen and oxygen atoms in total. The van der Waals surface area contributed by atoms with Crippen LogP contribution in [0, 0.1) is 11.6 Å². The number of fused-ring (bicyclic) bond motifs is 3. The van der Waals surface area contributed by atoms with E-state index in [0.717, 1.165) is 28.3 Å². The van der Waals surface area contributed by atoms with E-state index >= 15 is 0 Å². The highest BCUT2D eigenvalue weighted by molar-refractivity contribution is 6.06. The molecule has 0 aromatic heterocycles. The van der Waals surface area contributed by atoms with Crippen molar-refractivity contribution >= 4 is 11.6 Å². The Bertz CT molecular complexity index is 893. The monoisotopic (exact) mass is 290 g/mol. The minimum absolute atomic E-state index is 0.478. The van der Waals surface area contributed by atoms with Crippen molar-refractivity contribution in [3.8, 4) is 11.1 Å². The zero-order chi connectivity index (χ0) is 15.1. The number of halogens is 2. The second-order valence-corrected chi connectivity index (χ2v) is 5.32. The highest BCUT2D eigenvalue weighted by Crippen LogP contribution is 2.46.